The lowest BCUT2D eigenvalue weighted by molar-refractivity contribution is 0.296. The van der Waals surface area contributed by atoms with Crippen LogP contribution in [-0.4, -0.2) is 13.7 Å². The summed E-state index contributed by atoms with van der Waals surface area (Å²) in [4.78, 5) is 0. The molecule has 0 heterocycles. The van der Waals surface area contributed by atoms with Crippen LogP contribution in [-0.2, 0) is 19.6 Å². The molecule has 0 aliphatic rings. The highest BCUT2D eigenvalue weighted by molar-refractivity contribution is 9.10. The normalized spacial score (nSPS) is 10.8. The van der Waals surface area contributed by atoms with Gasteiger partial charge in [0.25, 0.3) is 0 Å². The van der Waals surface area contributed by atoms with Crippen molar-refractivity contribution in [1.29, 1.82) is 0 Å². The monoisotopic (exact) mass is 477 g/mol. The molecule has 0 atom stereocenters. The molecular weight excluding hydrogens is 457 g/mol. The standard InChI is InChI=1S/C23H22BrClFNO2/c1-28-19-8-5-16(6-9-19)11-12-27-14-17-13-18(24)7-10-23(17)29-15-20-21(25)3-2-4-22(20)26/h2-10,13,27H,11-12,14-15H2,1H3. The molecule has 0 aliphatic carbocycles. The number of benzene rings is 3. The fourth-order valence-electron chi connectivity index (χ4n) is 2.90. The van der Waals surface area contributed by atoms with Crippen LogP contribution >= 0.6 is 27.5 Å². The molecule has 0 unspecified atom stereocenters. The second kappa shape index (κ2) is 10.6. The topological polar surface area (TPSA) is 30.5 Å². The molecule has 0 aromatic heterocycles. The number of rotatable bonds is 9. The molecule has 3 rings (SSSR count). The Morgan fingerprint density at radius 3 is 2.59 bits per heavy atom. The highest BCUT2D eigenvalue weighted by Gasteiger charge is 2.10. The lowest BCUT2D eigenvalue weighted by Gasteiger charge is -2.14. The molecule has 3 aromatic carbocycles. The third kappa shape index (κ3) is 6.20. The van der Waals surface area contributed by atoms with E-state index in [0.29, 0.717) is 22.9 Å². The SMILES string of the molecule is COc1ccc(CCNCc2cc(Br)ccc2OCc2c(F)cccc2Cl)cc1. The quantitative estimate of drug-likeness (QED) is 0.374. The Kier molecular flexibility index (Phi) is 7.92. The maximum Gasteiger partial charge on any atom is 0.131 e. The van der Waals surface area contributed by atoms with E-state index in [4.69, 9.17) is 21.1 Å². The van der Waals surface area contributed by atoms with Crippen molar-refractivity contribution in [3.05, 3.63) is 92.7 Å². The van der Waals surface area contributed by atoms with Gasteiger partial charge in [-0.15, -0.1) is 0 Å². The first kappa shape index (κ1) is 21.6. The van der Waals surface area contributed by atoms with Gasteiger partial charge in [-0.25, -0.2) is 4.39 Å². The minimum absolute atomic E-state index is 0.0754. The number of halogens is 3. The van der Waals surface area contributed by atoms with Crippen molar-refractivity contribution in [3.63, 3.8) is 0 Å². The smallest absolute Gasteiger partial charge is 0.131 e. The lowest BCUT2D eigenvalue weighted by Crippen LogP contribution is -2.17. The van der Waals surface area contributed by atoms with Crippen molar-refractivity contribution in [2.75, 3.05) is 13.7 Å². The maximum atomic E-state index is 14.0. The van der Waals surface area contributed by atoms with Crippen LogP contribution in [0, 0.1) is 5.82 Å². The Morgan fingerprint density at radius 2 is 1.86 bits per heavy atom. The van der Waals surface area contributed by atoms with Gasteiger partial charge < -0.3 is 14.8 Å². The molecule has 0 saturated carbocycles. The van der Waals surface area contributed by atoms with Gasteiger partial charge in [0.1, 0.15) is 23.9 Å². The zero-order chi connectivity index (χ0) is 20.6. The summed E-state index contributed by atoms with van der Waals surface area (Å²) in [6.45, 7) is 1.53. The molecule has 29 heavy (non-hydrogen) atoms. The predicted molar refractivity (Wildman–Crippen MR) is 118 cm³/mol. The second-order valence-electron chi connectivity index (χ2n) is 6.52. The molecule has 1 N–H and O–H groups in total. The molecule has 152 valence electrons. The van der Waals surface area contributed by atoms with Crippen LogP contribution < -0.4 is 14.8 Å². The van der Waals surface area contributed by atoms with Crippen molar-refractivity contribution < 1.29 is 13.9 Å². The molecular formula is C23H22BrClFNO2. The molecule has 0 bridgehead atoms. The summed E-state index contributed by atoms with van der Waals surface area (Å²) in [6.07, 6.45) is 0.902. The molecule has 0 fully saturated rings. The fourth-order valence-corrected chi connectivity index (χ4v) is 3.52. The number of ether oxygens (including phenoxy) is 2. The van der Waals surface area contributed by atoms with Crippen LogP contribution in [0.25, 0.3) is 0 Å². The summed E-state index contributed by atoms with van der Waals surface area (Å²) in [5, 5.41) is 3.80. The average molecular weight is 479 g/mol. The third-order valence-electron chi connectivity index (χ3n) is 4.52. The van der Waals surface area contributed by atoms with E-state index in [9.17, 15) is 4.39 Å². The van der Waals surface area contributed by atoms with E-state index < -0.39 is 0 Å². The molecule has 0 radical (unpaired) electrons. The van der Waals surface area contributed by atoms with Gasteiger partial charge in [0.2, 0.25) is 0 Å². The summed E-state index contributed by atoms with van der Waals surface area (Å²) in [5.74, 6) is 1.19. The van der Waals surface area contributed by atoms with E-state index in [1.807, 2.05) is 30.3 Å². The van der Waals surface area contributed by atoms with Crippen LogP contribution in [0.2, 0.25) is 5.02 Å². The van der Waals surface area contributed by atoms with Crippen molar-refractivity contribution in [3.8, 4) is 11.5 Å². The summed E-state index contributed by atoms with van der Waals surface area (Å²) < 4.78 is 26.0. The van der Waals surface area contributed by atoms with E-state index in [2.05, 4.69) is 33.4 Å². The Hall–Kier alpha value is -2.08. The van der Waals surface area contributed by atoms with Crippen molar-refractivity contribution in [2.45, 2.75) is 19.6 Å². The first-order valence-electron chi connectivity index (χ1n) is 9.24. The Labute approximate surface area is 183 Å². The van der Waals surface area contributed by atoms with Gasteiger partial charge in [-0.3, -0.25) is 0 Å². The predicted octanol–water partition coefficient (Wildman–Crippen LogP) is 6.16. The molecule has 6 heteroatoms. The number of nitrogens with one attached hydrogen (secondary N) is 1. The largest absolute Gasteiger partial charge is 0.497 e. The number of hydrogen-bond acceptors (Lipinski definition) is 3. The van der Waals surface area contributed by atoms with E-state index in [-0.39, 0.29) is 12.4 Å². The molecule has 0 spiro atoms. The van der Waals surface area contributed by atoms with E-state index in [1.165, 1.54) is 11.6 Å². The highest BCUT2D eigenvalue weighted by Crippen LogP contribution is 2.26. The minimum atomic E-state index is -0.367. The Morgan fingerprint density at radius 1 is 1.07 bits per heavy atom. The fraction of sp³-hybridized carbons (Fsp3) is 0.217. The zero-order valence-corrected chi connectivity index (χ0v) is 18.4. The van der Waals surface area contributed by atoms with Crippen LogP contribution in [0.15, 0.2) is 65.1 Å². The zero-order valence-electron chi connectivity index (χ0n) is 16.1. The van der Waals surface area contributed by atoms with Gasteiger partial charge in [-0.1, -0.05) is 45.7 Å². The van der Waals surface area contributed by atoms with Crippen LogP contribution in [0.1, 0.15) is 16.7 Å². The van der Waals surface area contributed by atoms with Gasteiger partial charge in [-0.2, -0.15) is 0 Å². The summed E-state index contributed by atoms with van der Waals surface area (Å²) >= 11 is 9.59. The third-order valence-corrected chi connectivity index (χ3v) is 5.37. The summed E-state index contributed by atoms with van der Waals surface area (Å²) in [5.41, 5.74) is 2.58. The van der Waals surface area contributed by atoms with E-state index in [0.717, 1.165) is 28.8 Å². The minimum Gasteiger partial charge on any atom is -0.497 e. The van der Waals surface area contributed by atoms with Crippen molar-refractivity contribution >= 4 is 27.5 Å². The highest BCUT2D eigenvalue weighted by atomic mass is 79.9. The Balaban J connectivity index is 1.58. The first-order valence-corrected chi connectivity index (χ1v) is 10.4. The molecule has 3 nitrogen and oxygen atoms in total. The summed E-state index contributed by atoms with van der Waals surface area (Å²) in [6, 6.07) is 18.4. The molecule has 0 amide bonds. The Bertz CT molecular complexity index is 930. The van der Waals surface area contributed by atoms with Gasteiger partial charge >= 0.3 is 0 Å². The van der Waals surface area contributed by atoms with E-state index in [1.54, 1.807) is 19.2 Å². The van der Waals surface area contributed by atoms with Crippen LogP contribution in [0.4, 0.5) is 4.39 Å². The van der Waals surface area contributed by atoms with Gasteiger partial charge in [0.05, 0.1) is 12.1 Å². The number of methoxy groups -OCH3 is 1. The lowest BCUT2D eigenvalue weighted by atomic mass is 10.1. The van der Waals surface area contributed by atoms with Crippen LogP contribution in [0.5, 0.6) is 11.5 Å². The van der Waals surface area contributed by atoms with Gasteiger partial charge in [0, 0.05) is 22.1 Å². The van der Waals surface area contributed by atoms with Gasteiger partial charge in [-0.05, 0) is 61.0 Å². The average Bonchev–Trinajstić information content (AvgIpc) is 2.72. The first-order chi connectivity index (χ1) is 14.1. The molecule has 0 saturated heterocycles. The maximum absolute atomic E-state index is 14.0. The second-order valence-corrected chi connectivity index (χ2v) is 7.84. The van der Waals surface area contributed by atoms with Gasteiger partial charge in [0.15, 0.2) is 0 Å². The van der Waals surface area contributed by atoms with Crippen molar-refractivity contribution in [1.82, 2.24) is 5.32 Å². The molecule has 3 aromatic rings. The van der Waals surface area contributed by atoms with Crippen molar-refractivity contribution in [2.24, 2.45) is 0 Å². The van der Waals surface area contributed by atoms with E-state index >= 15 is 0 Å². The summed E-state index contributed by atoms with van der Waals surface area (Å²) in [7, 11) is 1.66. The van der Waals surface area contributed by atoms with Crippen LogP contribution in [0.3, 0.4) is 0 Å². The molecule has 0 aliphatic heterocycles. The number of hydrogen-bond donors (Lipinski definition) is 1.